The van der Waals surface area contributed by atoms with Gasteiger partial charge in [-0.25, -0.2) is 4.98 Å². The van der Waals surface area contributed by atoms with E-state index in [1.54, 1.807) is 12.3 Å². The highest BCUT2D eigenvalue weighted by molar-refractivity contribution is 6.33. The first-order valence-electron chi connectivity index (χ1n) is 11.2. The number of carbonyl (C=O) groups is 1. The van der Waals surface area contributed by atoms with Gasteiger partial charge in [-0.2, -0.15) is 0 Å². The zero-order valence-corrected chi connectivity index (χ0v) is 18.9. The van der Waals surface area contributed by atoms with Gasteiger partial charge in [0.1, 0.15) is 5.82 Å². The summed E-state index contributed by atoms with van der Waals surface area (Å²) in [5.41, 5.74) is 2.52. The van der Waals surface area contributed by atoms with Crippen molar-refractivity contribution in [2.45, 2.75) is 45.1 Å². The summed E-state index contributed by atoms with van der Waals surface area (Å²) in [6.07, 6.45) is 6.82. The summed E-state index contributed by atoms with van der Waals surface area (Å²) in [6, 6.07) is 15.2. The number of fused-ring (bicyclic) bond motifs is 1. The molecule has 2 aromatic carbocycles. The third kappa shape index (κ3) is 4.83. The second kappa shape index (κ2) is 9.58. The van der Waals surface area contributed by atoms with Crippen LogP contribution in [-0.4, -0.2) is 25.7 Å². The fraction of sp³-hybridized carbons (Fsp3) is 0.280. The van der Waals surface area contributed by atoms with Crippen molar-refractivity contribution in [3.05, 3.63) is 71.5 Å². The molecule has 1 amide bonds. The molecule has 1 aliphatic heterocycles. The average molecular weight is 462 g/mol. The summed E-state index contributed by atoms with van der Waals surface area (Å²) in [7, 11) is 0. The van der Waals surface area contributed by atoms with Gasteiger partial charge in [0.05, 0.1) is 11.2 Å². The number of carbonyl (C=O) groups excluding carboxylic acids is 1. The van der Waals surface area contributed by atoms with Crippen molar-refractivity contribution in [1.29, 1.82) is 0 Å². The van der Waals surface area contributed by atoms with E-state index in [-0.39, 0.29) is 12.3 Å². The number of hydrogen-bond donors (Lipinski definition) is 1. The van der Waals surface area contributed by atoms with Gasteiger partial charge in [0, 0.05) is 42.6 Å². The van der Waals surface area contributed by atoms with Crippen LogP contribution >= 0.6 is 11.6 Å². The monoisotopic (exact) mass is 461 g/mol. The normalized spacial score (nSPS) is 13.4. The maximum atomic E-state index is 12.4. The molecule has 168 valence electrons. The topological polar surface area (TPSA) is 85.8 Å². The van der Waals surface area contributed by atoms with E-state index in [9.17, 15) is 4.79 Å². The molecule has 8 heteroatoms. The summed E-state index contributed by atoms with van der Waals surface area (Å²) in [5.74, 6) is 2.95. The molecule has 0 unspecified atom stereocenters. The van der Waals surface area contributed by atoms with Crippen LogP contribution in [0.5, 0.6) is 0 Å². The van der Waals surface area contributed by atoms with Crippen LogP contribution in [0, 0.1) is 0 Å². The molecule has 7 nitrogen and oxygen atoms in total. The van der Waals surface area contributed by atoms with Crippen LogP contribution < -0.4 is 5.32 Å². The highest BCUT2D eigenvalue weighted by atomic mass is 35.5. The van der Waals surface area contributed by atoms with Crippen molar-refractivity contribution >= 4 is 23.2 Å². The van der Waals surface area contributed by atoms with Crippen molar-refractivity contribution in [2.24, 2.45) is 0 Å². The fourth-order valence-electron chi connectivity index (χ4n) is 4.06. The van der Waals surface area contributed by atoms with E-state index in [4.69, 9.17) is 16.0 Å². The molecule has 0 saturated carbocycles. The SMILES string of the molecule is O=C(CCc1ncc(-c2ccccc2Cl)o1)Nc1ccc(-c2nnc3n2CCCCC3)cc1. The van der Waals surface area contributed by atoms with Gasteiger partial charge in [-0.15, -0.1) is 10.2 Å². The number of anilines is 1. The highest BCUT2D eigenvalue weighted by Crippen LogP contribution is 2.28. The van der Waals surface area contributed by atoms with Crippen LogP contribution in [0.15, 0.2) is 59.1 Å². The fourth-order valence-corrected chi connectivity index (χ4v) is 4.29. The van der Waals surface area contributed by atoms with Crippen molar-refractivity contribution in [3.8, 4) is 22.7 Å². The molecule has 2 aromatic heterocycles. The maximum absolute atomic E-state index is 12.4. The molecule has 0 aliphatic carbocycles. The van der Waals surface area contributed by atoms with Crippen LogP contribution in [-0.2, 0) is 24.2 Å². The number of aryl methyl sites for hydroxylation is 2. The molecular weight excluding hydrogens is 438 g/mol. The summed E-state index contributed by atoms with van der Waals surface area (Å²) >= 11 is 6.21. The molecule has 0 fully saturated rings. The van der Waals surface area contributed by atoms with Gasteiger partial charge in [0.15, 0.2) is 17.5 Å². The van der Waals surface area contributed by atoms with Gasteiger partial charge in [-0.1, -0.05) is 30.2 Å². The second-order valence-electron chi connectivity index (χ2n) is 8.13. The molecule has 0 spiro atoms. The Kier molecular flexibility index (Phi) is 6.21. The lowest BCUT2D eigenvalue weighted by Gasteiger charge is -2.08. The van der Waals surface area contributed by atoms with Gasteiger partial charge < -0.3 is 14.3 Å². The van der Waals surface area contributed by atoms with Crippen LogP contribution in [0.25, 0.3) is 22.7 Å². The Morgan fingerprint density at radius 3 is 2.76 bits per heavy atom. The molecule has 1 N–H and O–H groups in total. The third-order valence-electron chi connectivity index (χ3n) is 5.80. The minimum absolute atomic E-state index is 0.100. The minimum Gasteiger partial charge on any atom is -0.441 e. The smallest absolute Gasteiger partial charge is 0.224 e. The average Bonchev–Trinajstić information content (AvgIpc) is 3.39. The van der Waals surface area contributed by atoms with E-state index in [0.717, 1.165) is 54.3 Å². The van der Waals surface area contributed by atoms with E-state index >= 15 is 0 Å². The number of amides is 1. The number of rotatable bonds is 6. The standard InChI is InChI=1S/C25H24ClN5O2/c26-20-7-4-3-6-19(20)21-16-27-24(33-21)14-13-23(32)28-18-11-9-17(10-12-18)25-30-29-22-8-2-1-5-15-31(22)25/h3-4,6-7,9-12,16H,1-2,5,8,13-15H2,(H,28,32). The van der Waals surface area contributed by atoms with Gasteiger partial charge in [-0.3, -0.25) is 4.79 Å². The van der Waals surface area contributed by atoms with E-state index in [1.165, 1.54) is 6.42 Å². The number of nitrogens with zero attached hydrogens (tertiary/aromatic N) is 4. The van der Waals surface area contributed by atoms with E-state index in [0.29, 0.717) is 23.1 Å². The predicted molar refractivity (Wildman–Crippen MR) is 127 cm³/mol. The van der Waals surface area contributed by atoms with E-state index in [2.05, 4.69) is 25.1 Å². The van der Waals surface area contributed by atoms with E-state index in [1.807, 2.05) is 42.5 Å². The predicted octanol–water partition coefficient (Wildman–Crippen LogP) is 5.55. The van der Waals surface area contributed by atoms with Crippen molar-refractivity contribution < 1.29 is 9.21 Å². The van der Waals surface area contributed by atoms with Gasteiger partial charge >= 0.3 is 0 Å². The molecule has 5 rings (SSSR count). The van der Waals surface area contributed by atoms with Gasteiger partial charge in [0.2, 0.25) is 5.91 Å². The number of aromatic nitrogens is 4. The Morgan fingerprint density at radius 1 is 1.06 bits per heavy atom. The Morgan fingerprint density at radius 2 is 1.91 bits per heavy atom. The number of oxazole rings is 1. The Labute approximate surface area is 196 Å². The Balaban J connectivity index is 1.18. The minimum atomic E-state index is -0.100. The Hall–Kier alpha value is -3.45. The Bertz CT molecular complexity index is 1260. The largest absolute Gasteiger partial charge is 0.441 e. The maximum Gasteiger partial charge on any atom is 0.224 e. The van der Waals surface area contributed by atoms with Crippen LogP contribution in [0.2, 0.25) is 5.02 Å². The molecule has 0 bridgehead atoms. The first-order chi connectivity index (χ1) is 16.2. The molecule has 0 saturated heterocycles. The highest BCUT2D eigenvalue weighted by Gasteiger charge is 2.16. The lowest BCUT2D eigenvalue weighted by Crippen LogP contribution is -2.12. The molecule has 0 atom stereocenters. The van der Waals surface area contributed by atoms with Gasteiger partial charge in [0.25, 0.3) is 0 Å². The number of hydrogen-bond acceptors (Lipinski definition) is 5. The molecule has 1 aliphatic rings. The second-order valence-corrected chi connectivity index (χ2v) is 8.53. The third-order valence-corrected chi connectivity index (χ3v) is 6.12. The van der Waals surface area contributed by atoms with Crippen LogP contribution in [0.4, 0.5) is 5.69 Å². The molecule has 33 heavy (non-hydrogen) atoms. The summed E-state index contributed by atoms with van der Waals surface area (Å²) in [4.78, 5) is 16.7. The molecule has 4 aromatic rings. The van der Waals surface area contributed by atoms with Crippen LogP contribution in [0.1, 0.15) is 37.4 Å². The molecule has 3 heterocycles. The summed E-state index contributed by atoms with van der Waals surface area (Å²) < 4.78 is 7.99. The lowest BCUT2D eigenvalue weighted by molar-refractivity contribution is -0.116. The number of nitrogens with one attached hydrogen (secondary N) is 1. The first kappa shape index (κ1) is 21.4. The zero-order valence-electron chi connectivity index (χ0n) is 18.1. The first-order valence-corrected chi connectivity index (χ1v) is 11.6. The van der Waals surface area contributed by atoms with Crippen molar-refractivity contribution in [1.82, 2.24) is 19.7 Å². The molecule has 0 radical (unpaired) electrons. The summed E-state index contributed by atoms with van der Waals surface area (Å²) in [6.45, 7) is 0.954. The lowest BCUT2D eigenvalue weighted by atomic mass is 10.2. The van der Waals surface area contributed by atoms with E-state index < -0.39 is 0 Å². The quantitative estimate of drug-likeness (QED) is 0.406. The zero-order chi connectivity index (χ0) is 22.6. The van der Waals surface area contributed by atoms with Crippen LogP contribution in [0.3, 0.4) is 0 Å². The van der Waals surface area contributed by atoms with Gasteiger partial charge in [-0.05, 0) is 49.2 Å². The number of halogens is 1. The van der Waals surface area contributed by atoms with Crippen molar-refractivity contribution in [2.75, 3.05) is 5.32 Å². The number of benzene rings is 2. The molecular formula is C25H24ClN5O2. The summed E-state index contributed by atoms with van der Waals surface area (Å²) in [5, 5.41) is 12.3. The van der Waals surface area contributed by atoms with Crippen molar-refractivity contribution in [3.63, 3.8) is 0 Å².